The number of aliphatic hydroxyl groups is 1. The summed E-state index contributed by atoms with van der Waals surface area (Å²) in [5, 5.41) is 8.84. The van der Waals surface area contributed by atoms with Gasteiger partial charge < -0.3 is 5.11 Å². The second-order valence-electron chi connectivity index (χ2n) is 4.03. The first-order valence-corrected chi connectivity index (χ1v) is 6.43. The Morgan fingerprint density at radius 2 is 1.71 bits per heavy atom. The highest BCUT2D eigenvalue weighted by Crippen LogP contribution is 2.34. The molecule has 2 aromatic rings. The van der Waals surface area contributed by atoms with E-state index in [0.717, 1.165) is 24.3 Å². The Labute approximate surface area is 120 Å². The number of hydrogen-bond acceptors (Lipinski definition) is 3. The average molecular weight is 321 g/mol. The molecule has 0 saturated heterocycles. The molecule has 0 saturated carbocycles. The van der Waals surface area contributed by atoms with Gasteiger partial charge in [-0.05, 0) is 29.8 Å². The molecule has 21 heavy (non-hydrogen) atoms. The van der Waals surface area contributed by atoms with Crippen LogP contribution < -0.4 is 0 Å². The van der Waals surface area contributed by atoms with Gasteiger partial charge in [0.2, 0.25) is 0 Å². The topological polar surface area (TPSA) is 33.1 Å². The number of rotatable bonds is 3. The van der Waals surface area contributed by atoms with E-state index in [9.17, 15) is 22.0 Å². The summed E-state index contributed by atoms with van der Waals surface area (Å²) in [5.41, 5.74) is -0.877. The van der Waals surface area contributed by atoms with Crippen molar-refractivity contribution in [1.82, 2.24) is 4.98 Å². The highest BCUT2D eigenvalue weighted by Gasteiger charge is 2.30. The zero-order valence-corrected chi connectivity index (χ0v) is 11.1. The lowest BCUT2D eigenvalue weighted by Gasteiger charge is -2.08. The molecule has 0 atom stereocenters. The molecule has 0 amide bonds. The van der Waals surface area contributed by atoms with Gasteiger partial charge in [0.05, 0.1) is 17.1 Å². The van der Waals surface area contributed by atoms with Crippen LogP contribution in [0.3, 0.4) is 0 Å². The van der Waals surface area contributed by atoms with Crippen LogP contribution in [-0.4, -0.2) is 10.1 Å². The lowest BCUT2D eigenvalue weighted by molar-refractivity contribution is -0.137. The molecule has 8 heteroatoms. The summed E-state index contributed by atoms with van der Waals surface area (Å²) in [6.07, 6.45) is -3.92. The number of alkyl halides is 3. The first kappa shape index (κ1) is 15.7. The van der Waals surface area contributed by atoms with Crippen molar-refractivity contribution < 1.29 is 27.1 Å². The first-order chi connectivity index (χ1) is 9.81. The minimum Gasteiger partial charge on any atom is -0.392 e. The van der Waals surface area contributed by atoms with E-state index in [1.54, 1.807) is 0 Å². The van der Waals surface area contributed by atoms with Crippen LogP contribution in [0.2, 0.25) is 0 Å². The molecular weight excluding hydrogens is 313 g/mol. The Balaban J connectivity index is 2.26. The molecule has 112 valence electrons. The van der Waals surface area contributed by atoms with E-state index in [1.165, 1.54) is 0 Å². The van der Waals surface area contributed by atoms with Gasteiger partial charge in [-0.25, -0.2) is 13.8 Å². The fraction of sp³-hybridized carbons (Fsp3) is 0.154. The summed E-state index contributed by atoms with van der Waals surface area (Å²) in [6.45, 7) is -0.517. The third kappa shape index (κ3) is 3.70. The van der Waals surface area contributed by atoms with Crippen LogP contribution in [0.25, 0.3) is 0 Å². The molecule has 1 heterocycles. The smallest absolute Gasteiger partial charge is 0.392 e. The van der Waals surface area contributed by atoms with Gasteiger partial charge in [-0.3, -0.25) is 0 Å². The summed E-state index contributed by atoms with van der Waals surface area (Å²) in [6, 6.07) is 3.73. The van der Waals surface area contributed by atoms with E-state index in [4.69, 9.17) is 5.11 Å². The van der Waals surface area contributed by atoms with Crippen LogP contribution in [0.4, 0.5) is 22.0 Å². The maximum absolute atomic E-state index is 13.7. The minimum absolute atomic E-state index is 0.0255. The number of hydrogen-bond donors (Lipinski definition) is 1. The van der Waals surface area contributed by atoms with Crippen molar-refractivity contribution in [3.8, 4) is 0 Å². The van der Waals surface area contributed by atoms with Crippen molar-refractivity contribution in [2.45, 2.75) is 22.7 Å². The van der Waals surface area contributed by atoms with E-state index < -0.39 is 30.0 Å². The number of benzene rings is 1. The third-order valence-corrected chi connectivity index (χ3v) is 3.56. The lowest BCUT2D eigenvalue weighted by Crippen LogP contribution is -2.05. The third-order valence-electron chi connectivity index (χ3n) is 2.51. The molecule has 0 bridgehead atoms. The van der Waals surface area contributed by atoms with Crippen molar-refractivity contribution in [3.05, 3.63) is 53.2 Å². The molecule has 0 aliphatic heterocycles. The van der Waals surface area contributed by atoms with Gasteiger partial charge in [-0.2, -0.15) is 13.2 Å². The molecule has 1 aromatic heterocycles. The zero-order chi connectivity index (χ0) is 15.6. The van der Waals surface area contributed by atoms with Gasteiger partial charge in [-0.15, -0.1) is 0 Å². The zero-order valence-electron chi connectivity index (χ0n) is 10.3. The van der Waals surface area contributed by atoms with Crippen molar-refractivity contribution in [3.63, 3.8) is 0 Å². The van der Waals surface area contributed by atoms with Gasteiger partial charge in [0.25, 0.3) is 0 Å². The lowest BCUT2D eigenvalue weighted by atomic mass is 10.2. The van der Waals surface area contributed by atoms with Crippen molar-refractivity contribution in [2.75, 3.05) is 0 Å². The predicted molar refractivity (Wildman–Crippen MR) is 65.6 cm³/mol. The predicted octanol–water partition coefficient (Wildman–Crippen LogP) is 4.02. The van der Waals surface area contributed by atoms with E-state index in [2.05, 4.69) is 4.98 Å². The maximum Gasteiger partial charge on any atom is 0.417 e. The molecular formula is C13H8F5NOS. The Hall–Kier alpha value is -1.67. The van der Waals surface area contributed by atoms with Crippen molar-refractivity contribution >= 4 is 11.8 Å². The normalized spacial score (nSPS) is 11.7. The molecule has 1 N–H and O–H groups in total. The van der Waals surface area contributed by atoms with Crippen LogP contribution in [0.15, 0.2) is 40.4 Å². The molecule has 2 rings (SSSR count). The molecule has 0 aliphatic carbocycles. The van der Waals surface area contributed by atoms with E-state index >= 15 is 0 Å². The fourth-order valence-corrected chi connectivity index (χ4v) is 2.28. The number of aliphatic hydroxyl groups excluding tert-OH is 1. The number of halogens is 5. The summed E-state index contributed by atoms with van der Waals surface area (Å²) >= 11 is 0.569. The first-order valence-electron chi connectivity index (χ1n) is 5.61. The van der Waals surface area contributed by atoms with Crippen LogP contribution in [0.5, 0.6) is 0 Å². The number of nitrogens with zero attached hydrogens (tertiary/aromatic N) is 1. The quantitative estimate of drug-likeness (QED) is 0.867. The van der Waals surface area contributed by atoms with Crippen molar-refractivity contribution in [1.29, 1.82) is 0 Å². The fourth-order valence-electron chi connectivity index (χ4n) is 1.51. The van der Waals surface area contributed by atoms with Crippen LogP contribution >= 0.6 is 11.8 Å². The van der Waals surface area contributed by atoms with Crippen LogP contribution in [0.1, 0.15) is 11.1 Å². The standard InChI is InChI=1S/C13H8F5NOS/c14-9-3-7(6-20)4-10(15)12(9)21-11-2-1-8(5-19-11)13(16,17)18/h1-5,20H,6H2. The molecule has 0 fully saturated rings. The van der Waals surface area contributed by atoms with Crippen molar-refractivity contribution in [2.24, 2.45) is 0 Å². The summed E-state index contributed by atoms with van der Waals surface area (Å²) < 4.78 is 64.4. The summed E-state index contributed by atoms with van der Waals surface area (Å²) in [7, 11) is 0. The number of aromatic nitrogens is 1. The largest absolute Gasteiger partial charge is 0.417 e. The van der Waals surface area contributed by atoms with Gasteiger partial charge in [-0.1, -0.05) is 11.8 Å². The second-order valence-corrected chi connectivity index (χ2v) is 5.06. The molecule has 0 spiro atoms. The minimum atomic E-state index is -4.52. The summed E-state index contributed by atoms with van der Waals surface area (Å²) in [5.74, 6) is -1.82. The highest BCUT2D eigenvalue weighted by atomic mass is 32.2. The van der Waals surface area contributed by atoms with E-state index in [1.807, 2.05) is 0 Å². The van der Waals surface area contributed by atoms with E-state index in [0.29, 0.717) is 18.0 Å². The van der Waals surface area contributed by atoms with Gasteiger partial charge >= 0.3 is 6.18 Å². The van der Waals surface area contributed by atoms with Gasteiger partial charge in [0.1, 0.15) is 16.7 Å². The van der Waals surface area contributed by atoms with Crippen LogP contribution in [-0.2, 0) is 12.8 Å². The van der Waals surface area contributed by atoms with Gasteiger partial charge in [0.15, 0.2) is 0 Å². The molecule has 0 radical (unpaired) electrons. The average Bonchev–Trinajstić information content (AvgIpc) is 2.42. The molecule has 1 aromatic carbocycles. The van der Waals surface area contributed by atoms with Gasteiger partial charge in [0, 0.05) is 6.20 Å². The Bertz CT molecular complexity index is 619. The van der Waals surface area contributed by atoms with Crippen LogP contribution in [0, 0.1) is 11.6 Å². The SMILES string of the molecule is OCc1cc(F)c(Sc2ccc(C(F)(F)F)cn2)c(F)c1. The molecule has 0 unspecified atom stereocenters. The Morgan fingerprint density at radius 3 is 2.14 bits per heavy atom. The number of pyridine rings is 1. The maximum atomic E-state index is 13.7. The van der Waals surface area contributed by atoms with E-state index in [-0.39, 0.29) is 15.5 Å². The second kappa shape index (κ2) is 5.98. The molecule has 2 nitrogen and oxygen atoms in total. The Kier molecular flexibility index (Phi) is 4.48. The summed E-state index contributed by atoms with van der Waals surface area (Å²) in [4.78, 5) is 3.14. The Morgan fingerprint density at radius 1 is 1.10 bits per heavy atom. The monoisotopic (exact) mass is 321 g/mol. The highest BCUT2D eigenvalue weighted by molar-refractivity contribution is 7.99. The molecule has 0 aliphatic rings.